The van der Waals surface area contributed by atoms with Crippen LogP contribution in [-0.2, 0) is 11.3 Å². The van der Waals surface area contributed by atoms with E-state index in [0.29, 0.717) is 29.4 Å². The molecule has 1 aliphatic rings. The summed E-state index contributed by atoms with van der Waals surface area (Å²) in [6, 6.07) is 14.0. The number of methoxy groups -OCH3 is 3. The van der Waals surface area contributed by atoms with E-state index in [1.807, 2.05) is 6.07 Å². The third-order valence-electron chi connectivity index (χ3n) is 5.50. The lowest BCUT2D eigenvalue weighted by atomic mass is 10.2. The number of piperazine rings is 1. The summed E-state index contributed by atoms with van der Waals surface area (Å²) < 4.78 is 16.0. The Balaban J connectivity index is 1.47. The monoisotopic (exact) mass is 428 g/mol. The molecule has 166 valence electrons. The highest BCUT2D eigenvalue weighted by Gasteiger charge is 2.24. The van der Waals surface area contributed by atoms with Crippen LogP contribution in [0.5, 0.6) is 17.2 Å². The highest BCUT2D eigenvalue weighted by molar-refractivity contribution is 5.86. The highest BCUT2D eigenvalue weighted by atomic mass is 16.5. The van der Waals surface area contributed by atoms with Crippen molar-refractivity contribution < 1.29 is 28.8 Å². The number of quaternary nitrogens is 2. The minimum Gasteiger partial charge on any atom is -0.496 e. The average molecular weight is 429 g/mol. The Bertz CT molecular complexity index is 881. The second-order valence-electron chi connectivity index (χ2n) is 7.58. The molecule has 1 fully saturated rings. The van der Waals surface area contributed by atoms with E-state index in [1.165, 1.54) is 10.5 Å². The summed E-state index contributed by atoms with van der Waals surface area (Å²) in [7, 11) is 4.70. The van der Waals surface area contributed by atoms with E-state index in [0.717, 1.165) is 32.7 Å². The van der Waals surface area contributed by atoms with E-state index in [4.69, 9.17) is 14.2 Å². The summed E-state index contributed by atoms with van der Waals surface area (Å²) in [6.07, 6.45) is 1.55. The van der Waals surface area contributed by atoms with Crippen LogP contribution in [-0.4, -0.2) is 66.2 Å². The van der Waals surface area contributed by atoms with Crippen LogP contribution >= 0.6 is 0 Å². The molecule has 0 aliphatic carbocycles. The van der Waals surface area contributed by atoms with Crippen molar-refractivity contribution in [1.82, 2.24) is 5.43 Å². The topological polar surface area (TPSA) is 78.0 Å². The number of rotatable bonds is 9. The van der Waals surface area contributed by atoms with Crippen molar-refractivity contribution >= 4 is 12.1 Å². The number of hydrazone groups is 1. The molecule has 0 saturated carbocycles. The maximum Gasteiger partial charge on any atom is 0.295 e. The Morgan fingerprint density at radius 1 is 0.935 bits per heavy atom. The number of carbonyl (C=O) groups excluding carboxylic acids is 1. The lowest BCUT2D eigenvalue weighted by Gasteiger charge is -2.29. The second-order valence-corrected chi connectivity index (χ2v) is 7.58. The first-order valence-electron chi connectivity index (χ1n) is 10.5. The molecule has 0 unspecified atom stereocenters. The zero-order valence-corrected chi connectivity index (χ0v) is 18.4. The molecule has 1 amide bonds. The number of nitrogens with zero attached hydrogens (tertiary/aromatic N) is 1. The van der Waals surface area contributed by atoms with Crippen molar-refractivity contribution in [3.8, 4) is 17.2 Å². The third kappa shape index (κ3) is 6.44. The highest BCUT2D eigenvalue weighted by Crippen LogP contribution is 2.33. The maximum atomic E-state index is 12.3. The van der Waals surface area contributed by atoms with Gasteiger partial charge in [-0.25, -0.2) is 5.43 Å². The van der Waals surface area contributed by atoms with E-state index in [-0.39, 0.29) is 5.91 Å². The first-order chi connectivity index (χ1) is 15.1. The summed E-state index contributed by atoms with van der Waals surface area (Å²) in [5.41, 5.74) is 4.67. The minimum absolute atomic E-state index is 0.0998. The summed E-state index contributed by atoms with van der Waals surface area (Å²) in [4.78, 5) is 15.2. The number of nitrogens with one attached hydrogen (secondary N) is 3. The van der Waals surface area contributed by atoms with Crippen LogP contribution in [0.3, 0.4) is 0 Å². The van der Waals surface area contributed by atoms with Crippen LogP contribution in [0.4, 0.5) is 0 Å². The maximum absolute atomic E-state index is 12.3. The largest absolute Gasteiger partial charge is 0.496 e. The SMILES string of the molecule is COc1cc(OC)c(OC)cc1/C=N\NC(=O)C[NH+]1CC[NH+](Cc2ccccc2)CC1. The van der Waals surface area contributed by atoms with Gasteiger partial charge in [0.2, 0.25) is 0 Å². The zero-order valence-electron chi connectivity index (χ0n) is 18.4. The van der Waals surface area contributed by atoms with E-state index < -0.39 is 0 Å². The molecule has 2 aromatic carbocycles. The van der Waals surface area contributed by atoms with Crippen LogP contribution in [0.15, 0.2) is 47.6 Å². The van der Waals surface area contributed by atoms with Crippen LogP contribution in [0.1, 0.15) is 11.1 Å². The fraction of sp³-hybridized carbons (Fsp3) is 0.391. The summed E-state index contributed by atoms with van der Waals surface area (Å²) in [5.74, 6) is 1.62. The van der Waals surface area contributed by atoms with Crippen LogP contribution in [0.2, 0.25) is 0 Å². The van der Waals surface area contributed by atoms with Crippen molar-refractivity contribution in [3.63, 3.8) is 0 Å². The standard InChI is InChI=1S/C23H30N4O4/c1-29-20-14-22(31-3)21(30-2)13-19(20)15-24-25-23(28)17-27-11-9-26(10-12-27)16-18-7-5-4-6-8-18/h4-8,13-15H,9-12,16-17H2,1-3H3,(H,25,28)/p+2/b24-15-. The number of amides is 1. The Labute approximate surface area is 183 Å². The molecule has 31 heavy (non-hydrogen) atoms. The van der Waals surface area contributed by atoms with Crippen LogP contribution in [0.25, 0.3) is 0 Å². The van der Waals surface area contributed by atoms with Gasteiger partial charge in [0.05, 0.1) is 27.5 Å². The molecular formula is C23H32N4O4+2. The van der Waals surface area contributed by atoms with Gasteiger partial charge in [0.1, 0.15) is 38.5 Å². The van der Waals surface area contributed by atoms with Crippen molar-refractivity contribution in [1.29, 1.82) is 0 Å². The number of hydrogen-bond acceptors (Lipinski definition) is 5. The molecular weight excluding hydrogens is 396 g/mol. The van der Waals surface area contributed by atoms with Crippen molar-refractivity contribution in [2.24, 2.45) is 5.10 Å². The summed E-state index contributed by atoms with van der Waals surface area (Å²) >= 11 is 0. The fourth-order valence-electron chi connectivity index (χ4n) is 3.79. The molecule has 0 spiro atoms. The summed E-state index contributed by atoms with van der Waals surface area (Å²) in [6.45, 7) is 5.52. The predicted octanol–water partition coefficient (Wildman–Crippen LogP) is -0.854. The first kappa shape index (κ1) is 22.6. The molecule has 2 aromatic rings. The van der Waals surface area contributed by atoms with Gasteiger partial charge < -0.3 is 24.0 Å². The van der Waals surface area contributed by atoms with Crippen LogP contribution in [0, 0.1) is 0 Å². The predicted molar refractivity (Wildman–Crippen MR) is 118 cm³/mol. The van der Waals surface area contributed by atoms with Gasteiger partial charge in [-0.2, -0.15) is 5.10 Å². The van der Waals surface area contributed by atoms with E-state index in [2.05, 4.69) is 34.8 Å². The van der Waals surface area contributed by atoms with Gasteiger partial charge in [-0.3, -0.25) is 4.79 Å². The lowest BCUT2D eigenvalue weighted by molar-refractivity contribution is -1.02. The molecule has 3 N–H and O–H groups in total. The second kappa shape index (κ2) is 11.3. The molecule has 0 bridgehead atoms. The third-order valence-corrected chi connectivity index (χ3v) is 5.50. The molecule has 3 rings (SSSR count). The molecule has 0 atom stereocenters. The van der Waals surface area contributed by atoms with E-state index in [9.17, 15) is 4.79 Å². The molecule has 1 aliphatic heterocycles. The van der Waals surface area contributed by atoms with E-state index in [1.54, 1.807) is 44.6 Å². The van der Waals surface area contributed by atoms with Gasteiger partial charge in [0.15, 0.2) is 18.0 Å². The Morgan fingerprint density at radius 2 is 1.55 bits per heavy atom. The molecule has 1 heterocycles. The van der Waals surface area contributed by atoms with Gasteiger partial charge in [-0.1, -0.05) is 30.3 Å². The normalized spacial score (nSPS) is 18.5. The van der Waals surface area contributed by atoms with Crippen molar-refractivity contribution in [2.45, 2.75) is 6.54 Å². The van der Waals surface area contributed by atoms with Gasteiger partial charge in [0, 0.05) is 17.2 Å². The smallest absolute Gasteiger partial charge is 0.295 e. The molecule has 8 nitrogen and oxygen atoms in total. The quantitative estimate of drug-likeness (QED) is 0.359. The molecule has 0 radical (unpaired) electrons. The van der Waals surface area contributed by atoms with Crippen molar-refractivity contribution in [3.05, 3.63) is 53.6 Å². The van der Waals surface area contributed by atoms with Gasteiger partial charge >= 0.3 is 0 Å². The number of benzene rings is 2. The van der Waals surface area contributed by atoms with Gasteiger partial charge in [-0.15, -0.1) is 0 Å². The number of hydrogen-bond donors (Lipinski definition) is 3. The van der Waals surface area contributed by atoms with Gasteiger partial charge in [-0.05, 0) is 6.07 Å². The molecule has 0 aromatic heterocycles. The minimum atomic E-state index is -0.0998. The first-order valence-corrected chi connectivity index (χ1v) is 10.5. The van der Waals surface area contributed by atoms with Crippen molar-refractivity contribution in [2.75, 3.05) is 54.1 Å². The summed E-state index contributed by atoms with van der Waals surface area (Å²) in [5, 5.41) is 4.10. The lowest BCUT2D eigenvalue weighted by Crippen LogP contribution is -3.28. The number of ether oxygens (including phenoxy) is 3. The Kier molecular flexibility index (Phi) is 8.26. The molecule has 1 saturated heterocycles. The van der Waals surface area contributed by atoms with Gasteiger partial charge in [0.25, 0.3) is 5.91 Å². The fourth-order valence-corrected chi connectivity index (χ4v) is 3.79. The Morgan fingerprint density at radius 3 is 2.19 bits per heavy atom. The number of carbonyl (C=O) groups is 1. The average Bonchev–Trinajstić information content (AvgIpc) is 2.80. The zero-order chi connectivity index (χ0) is 22.1. The van der Waals surface area contributed by atoms with E-state index >= 15 is 0 Å². The Hall–Kier alpha value is -3.10. The molecule has 8 heteroatoms. The van der Waals surface area contributed by atoms with Crippen LogP contribution < -0.4 is 29.4 Å².